The smallest absolute Gasteiger partial charge is 0.118 e. The highest BCUT2D eigenvalue weighted by atomic mass is 32.2. The molecule has 2 aromatic heterocycles. The quantitative estimate of drug-likeness (QED) is 0.832. The summed E-state index contributed by atoms with van der Waals surface area (Å²) in [6.07, 6.45) is 3.17. The van der Waals surface area contributed by atoms with Crippen LogP contribution in [0, 0.1) is 0 Å². The molecule has 0 saturated heterocycles. The van der Waals surface area contributed by atoms with E-state index in [0.717, 1.165) is 30.2 Å². The molecular formula is C14H19NOS2. The van der Waals surface area contributed by atoms with Crippen molar-refractivity contribution >= 4 is 23.1 Å². The Hall–Kier alpha value is -0.710. The largest absolute Gasteiger partial charge is 0.464 e. The third kappa shape index (κ3) is 4.19. The predicted molar refractivity (Wildman–Crippen MR) is 80.3 cm³/mol. The lowest BCUT2D eigenvalue weighted by Crippen LogP contribution is -2.27. The van der Waals surface area contributed by atoms with Crippen LogP contribution in [0.15, 0.2) is 34.1 Å². The van der Waals surface area contributed by atoms with E-state index in [4.69, 9.17) is 4.42 Å². The van der Waals surface area contributed by atoms with Crippen molar-refractivity contribution in [1.82, 2.24) is 5.32 Å². The molecule has 1 N–H and O–H groups in total. The fourth-order valence-corrected chi connectivity index (χ4v) is 3.09. The average Bonchev–Trinajstić information content (AvgIpc) is 2.99. The first kappa shape index (κ1) is 13.7. The fourth-order valence-electron chi connectivity index (χ4n) is 1.81. The Bertz CT molecular complexity index is 450. The molecule has 0 amide bonds. The van der Waals surface area contributed by atoms with E-state index in [1.807, 2.05) is 11.3 Å². The molecule has 18 heavy (non-hydrogen) atoms. The summed E-state index contributed by atoms with van der Waals surface area (Å²) >= 11 is 3.60. The van der Waals surface area contributed by atoms with Crippen molar-refractivity contribution in [2.45, 2.75) is 31.7 Å². The second-order valence-corrected chi connectivity index (χ2v) is 6.26. The minimum Gasteiger partial charge on any atom is -0.464 e. The molecule has 0 aliphatic heterocycles. The van der Waals surface area contributed by atoms with Gasteiger partial charge in [0.05, 0.1) is 12.3 Å². The highest BCUT2D eigenvalue weighted by molar-refractivity contribution is 7.97. The lowest BCUT2D eigenvalue weighted by Gasteiger charge is -2.11. The monoisotopic (exact) mass is 281 g/mol. The summed E-state index contributed by atoms with van der Waals surface area (Å²) in [5, 5.41) is 5.63. The topological polar surface area (TPSA) is 25.2 Å². The Balaban J connectivity index is 1.76. The summed E-state index contributed by atoms with van der Waals surface area (Å²) in [5.74, 6) is 3.03. The zero-order valence-electron chi connectivity index (χ0n) is 10.8. The van der Waals surface area contributed by atoms with Crippen molar-refractivity contribution in [1.29, 1.82) is 0 Å². The molecule has 2 nitrogen and oxygen atoms in total. The van der Waals surface area contributed by atoms with E-state index < -0.39 is 0 Å². The fraction of sp³-hybridized carbons (Fsp3) is 0.429. The second-order valence-electron chi connectivity index (χ2n) is 4.37. The molecule has 0 aliphatic rings. The van der Waals surface area contributed by atoms with Gasteiger partial charge in [-0.3, -0.25) is 0 Å². The number of thioether (sulfide) groups is 1. The number of rotatable bonds is 7. The molecule has 0 bridgehead atoms. The maximum absolute atomic E-state index is 5.73. The molecule has 0 radical (unpaired) electrons. The molecule has 0 aromatic carbocycles. The summed E-state index contributed by atoms with van der Waals surface area (Å²) in [7, 11) is 0. The number of hydrogen-bond donors (Lipinski definition) is 1. The van der Waals surface area contributed by atoms with Gasteiger partial charge in [0.15, 0.2) is 0 Å². The second kappa shape index (κ2) is 7.02. The van der Waals surface area contributed by atoms with Crippen LogP contribution >= 0.6 is 23.1 Å². The lowest BCUT2D eigenvalue weighted by atomic mass is 10.2. The van der Waals surface area contributed by atoms with Crippen LogP contribution < -0.4 is 5.32 Å². The summed E-state index contributed by atoms with van der Waals surface area (Å²) in [6.45, 7) is 3.02. The Kier molecular flexibility index (Phi) is 5.35. The normalized spacial score (nSPS) is 12.8. The van der Waals surface area contributed by atoms with Crippen molar-refractivity contribution in [3.8, 4) is 0 Å². The minimum atomic E-state index is 0.470. The van der Waals surface area contributed by atoms with Crippen LogP contribution in [-0.4, -0.2) is 12.3 Å². The molecule has 0 fully saturated rings. The summed E-state index contributed by atoms with van der Waals surface area (Å²) in [4.78, 5) is 1.43. The van der Waals surface area contributed by atoms with Crippen LogP contribution in [-0.2, 0) is 18.7 Å². The van der Waals surface area contributed by atoms with E-state index in [1.165, 1.54) is 4.88 Å². The van der Waals surface area contributed by atoms with Crippen LogP contribution in [0.25, 0.3) is 0 Å². The van der Waals surface area contributed by atoms with Gasteiger partial charge < -0.3 is 9.73 Å². The van der Waals surface area contributed by atoms with E-state index in [-0.39, 0.29) is 0 Å². The summed E-state index contributed by atoms with van der Waals surface area (Å²) in [6, 6.07) is 8.89. The Morgan fingerprint density at radius 2 is 2.17 bits per heavy atom. The van der Waals surface area contributed by atoms with Crippen LogP contribution in [0.1, 0.15) is 23.3 Å². The molecule has 2 rings (SSSR count). The molecule has 1 atom stereocenters. The maximum atomic E-state index is 5.73. The van der Waals surface area contributed by atoms with E-state index in [0.29, 0.717) is 6.04 Å². The van der Waals surface area contributed by atoms with Crippen molar-refractivity contribution in [3.05, 3.63) is 46.0 Å². The first-order valence-corrected chi connectivity index (χ1v) is 8.37. The van der Waals surface area contributed by atoms with Gasteiger partial charge in [0.25, 0.3) is 0 Å². The number of thiophene rings is 1. The van der Waals surface area contributed by atoms with Gasteiger partial charge in [-0.1, -0.05) is 6.07 Å². The SMILES string of the molecule is CSCc1ccc(CNC(C)Cc2cccs2)o1. The number of furan rings is 1. The zero-order valence-corrected chi connectivity index (χ0v) is 12.4. The molecule has 98 valence electrons. The van der Waals surface area contributed by atoms with E-state index in [2.05, 4.69) is 48.1 Å². The van der Waals surface area contributed by atoms with E-state index in [9.17, 15) is 0 Å². The van der Waals surface area contributed by atoms with E-state index >= 15 is 0 Å². The van der Waals surface area contributed by atoms with Crippen LogP contribution in [0.3, 0.4) is 0 Å². The van der Waals surface area contributed by atoms with Crippen molar-refractivity contribution in [3.63, 3.8) is 0 Å². The highest BCUT2D eigenvalue weighted by Gasteiger charge is 2.06. The number of hydrogen-bond acceptors (Lipinski definition) is 4. The van der Waals surface area contributed by atoms with Gasteiger partial charge in [-0.05, 0) is 43.2 Å². The molecular weight excluding hydrogens is 262 g/mol. The Morgan fingerprint density at radius 3 is 2.89 bits per heavy atom. The van der Waals surface area contributed by atoms with Crippen molar-refractivity contribution < 1.29 is 4.42 Å². The highest BCUT2D eigenvalue weighted by Crippen LogP contribution is 2.14. The van der Waals surface area contributed by atoms with Gasteiger partial charge in [0.1, 0.15) is 11.5 Å². The van der Waals surface area contributed by atoms with Crippen LogP contribution in [0.2, 0.25) is 0 Å². The third-order valence-electron chi connectivity index (χ3n) is 2.72. The lowest BCUT2D eigenvalue weighted by molar-refractivity contribution is 0.438. The molecule has 1 unspecified atom stereocenters. The van der Waals surface area contributed by atoms with E-state index in [1.54, 1.807) is 11.8 Å². The predicted octanol–water partition coefficient (Wildman–Crippen LogP) is 3.92. The van der Waals surface area contributed by atoms with Gasteiger partial charge in [0.2, 0.25) is 0 Å². The van der Waals surface area contributed by atoms with Gasteiger partial charge in [0, 0.05) is 10.9 Å². The standard InChI is InChI=1S/C14H19NOS2/c1-11(8-14-4-3-7-18-14)15-9-12-5-6-13(16-12)10-17-2/h3-7,11,15H,8-10H2,1-2H3. The maximum Gasteiger partial charge on any atom is 0.118 e. The third-order valence-corrected chi connectivity index (χ3v) is 4.19. The average molecular weight is 281 g/mol. The molecule has 2 aromatic rings. The summed E-state index contributed by atoms with van der Waals surface area (Å²) in [5.41, 5.74) is 0. The molecule has 2 heterocycles. The van der Waals surface area contributed by atoms with Crippen molar-refractivity contribution in [2.24, 2.45) is 0 Å². The molecule has 0 aliphatic carbocycles. The van der Waals surface area contributed by atoms with Crippen LogP contribution in [0.4, 0.5) is 0 Å². The van der Waals surface area contributed by atoms with Gasteiger partial charge in [-0.25, -0.2) is 0 Å². The Morgan fingerprint density at radius 1 is 1.33 bits per heavy atom. The minimum absolute atomic E-state index is 0.470. The first-order valence-electron chi connectivity index (χ1n) is 6.10. The molecule has 0 saturated carbocycles. The van der Waals surface area contributed by atoms with Gasteiger partial charge in [-0.2, -0.15) is 11.8 Å². The Labute approximate surface area is 117 Å². The molecule has 4 heteroatoms. The zero-order chi connectivity index (χ0) is 12.8. The van der Waals surface area contributed by atoms with Gasteiger partial charge in [-0.15, -0.1) is 11.3 Å². The van der Waals surface area contributed by atoms with Crippen LogP contribution in [0.5, 0.6) is 0 Å². The molecule has 0 spiro atoms. The van der Waals surface area contributed by atoms with Crippen molar-refractivity contribution in [2.75, 3.05) is 6.26 Å². The van der Waals surface area contributed by atoms with Gasteiger partial charge >= 0.3 is 0 Å². The first-order chi connectivity index (χ1) is 8.78. The number of nitrogens with one attached hydrogen (secondary N) is 1. The summed E-state index contributed by atoms with van der Waals surface area (Å²) < 4.78 is 5.73.